The molecule has 0 saturated heterocycles. The molecule has 0 fully saturated rings. The Morgan fingerprint density at radius 1 is 1.12 bits per heavy atom. The van der Waals surface area contributed by atoms with E-state index < -0.39 is 0 Å². The third kappa shape index (κ3) is 8.12. The highest BCUT2D eigenvalue weighted by molar-refractivity contribution is 4.76. The van der Waals surface area contributed by atoms with Crippen molar-refractivity contribution in [1.29, 1.82) is 0 Å². The van der Waals surface area contributed by atoms with Crippen LogP contribution in [0, 0.1) is 0 Å². The molecule has 0 radical (unpaired) electrons. The minimum absolute atomic E-state index is 0.234. The third-order valence-corrected chi connectivity index (χ3v) is 3.08. The summed E-state index contributed by atoms with van der Waals surface area (Å²) in [6.45, 7) is 13.6. The summed E-state index contributed by atoms with van der Waals surface area (Å²) in [6, 6.07) is 0.677. The SMILES string of the molecule is CCCCCN(C)C(CC)CNC(C)(C)C. The number of hydrogen-bond acceptors (Lipinski definition) is 2. The molecule has 0 aliphatic carbocycles. The summed E-state index contributed by atoms with van der Waals surface area (Å²) in [7, 11) is 2.26. The molecule has 0 amide bonds. The summed E-state index contributed by atoms with van der Waals surface area (Å²) in [5.41, 5.74) is 0.234. The molecule has 0 heterocycles. The average molecular weight is 228 g/mol. The van der Waals surface area contributed by atoms with Gasteiger partial charge in [-0.25, -0.2) is 0 Å². The van der Waals surface area contributed by atoms with E-state index in [1.807, 2.05) is 0 Å². The lowest BCUT2D eigenvalue weighted by molar-refractivity contribution is 0.212. The number of likely N-dealkylation sites (N-methyl/N-ethyl adjacent to an activating group) is 1. The lowest BCUT2D eigenvalue weighted by Crippen LogP contribution is -2.46. The number of nitrogens with zero attached hydrogens (tertiary/aromatic N) is 1. The Bertz CT molecular complexity index is 161. The zero-order valence-electron chi connectivity index (χ0n) is 12.3. The van der Waals surface area contributed by atoms with E-state index in [-0.39, 0.29) is 5.54 Å². The Morgan fingerprint density at radius 3 is 2.19 bits per heavy atom. The molecule has 0 rings (SSSR count). The standard InChI is InChI=1S/C14H32N2/c1-7-9-10-11-16(6)13(8-2)12-15-14(3,4)5/h13,15H,7-12H2,1-6H3. The Hall–Kier alpha value is -0.0800. The first-order valence-corrected chi connectivity index (χ1v) is 6.86. The van der Waals surface area contributed by atoms with Crippen molar-refractivity contribution in [3.8, 4) is 0 Å². The summed E-state index contributed by atoms with van der Waals surface area (Å²) < 4.78 is 0. The van der Waals surface area contributed by atoms with Crippen LogP contribution in [0.25, 0.3) is 0 Å². The smallest absolute Gasteiger partial charge is 0.0215 e. The van der Waals surface area contributed by atoms with Gasteiger partial charge in [-0.1, -0.05) is 26.7 Å². The summed E-state index contributed by atoms with van der Waals surface area (Å²) in [6.07, 6.45) is 5.23. The Labute approximate surface area is 103 Å². The minimum atomic E-state index is 0.234. The molecule has 0 aliphatic heterocycles. The summed E-state index contributed by atoms with van der Waals surface area (Å²) >= 11 is 0. The lowest BCUT2D eigenvalue weighted by Gasteiger charge is -2.31. The molecule has 0 saturated carbocycles. The maximum atomic E-state index is 3.60. The van der Waals surface area contributed by atoms with Crippen LogP contribution in [0.2, 0.25) is 0 Å². The molecule has 16 heavy (non-hydrogen) atoms. The first kappa shape index (κ1) is 15.9. The van der Waals surface area contributed by atoms with Gasteiger partial charge in [-0.15, -0.1) is 0 Å². The van der Waals surface area contributed by atoms with Crippen molar-refractivity contribution in [3.05, 3.63) is 0 Å². The van der Waals surface area contributed by atoms with Crippen molar-refractivity contribution >= 4 is 0 Å². The number of hydrogen-bond donors (Lipinski definition) is 1. The van der Waals surface area contributed by atoms with Crippen LogP contribution >= 0.6 is 0 Å². The maximum absolute atomic E-state index is 3.60. The van der Waals surface area contributed by atoms with Crippen molar-refractivity contribution in [2.45, 2.75) is 71.9 Å². The number of rotatable bonds is 8. The van der Waals surface area contributed by atoms with E-state index in [0.717, 1.165) is 6.54 Å². The van der Waals surface area contributed by atoms with Crippen LogP contribution in [0.4, 0.5) is 0 Å². The molecule has 0 aromatic heterocycles. The molecule has 1 atom stereocenters. The van der Waals surface area contributed by atoms with E-state index in [1.54, 1.807) is 0 Å². The summed E-state index contributed by atoms with van der Waals surface area (Å²) in [4.78, 5) is 2.51. The second-order valence-corrected chi connectivity index (χ2v) is 5.88. The molecular weight excluding hydrogens is 196 g/mol. The fourth-order valence-corrected chi connectivity index (χ4v) is 1.83. The molecule has 1 unspecified atom stereocenters. The van der Waals surface area contributed by atoms with E-state index in [0.29, 0.717) is 6.04 Å². The highest BCUT2D eigenvalue weighted by Gasteiger charge is 2.15. The molecule has 0 bridgehead atoms. The third-order valence-electron chi connectivity index (χ3n) is 3.08. The van der Waals surface area contributed by atoms with Crippen molar-refractivity contribution in [2.75, 3.05) is 20.1 Å². The molecular formula is C14H32N2. The van der Waals surface area contributed by atoms with Gasteiger partial charge in [0.15, 0.2) is 0 Å². The predicted octanol–water partition coefficient (Wildman–Crippen LogP) is 3.28. The molecule has 0 spiro atoms. The Kier molecular flexibility index (Phi) is 8.04. The first-order valence-electron chi connectivity index (χ1n) is 6.86. The van der Waals surface area contributed by atoms with Gasteiger partial charge >= 0.3 is 0 Å². The second kappa shape index (κ2) is 8.08. The van der Waals surface area contributed by atoms with Crippen LogP contribution in [0.5, 0.6) is 0 Å². The van der Waals surface area contributed by atoms with Crippen LogP contribution in [0.3, 0.4) is 0 Å². The van der Waals surface area contributed by atoms with Gasteiger partial charge in [0.2, 0.25) is 0 Å². The average Bonchev–Trinajstić information content (AvgIpc) is 2.17. The van der Waals surface area contributed by atoms with Gasteiger partial charge in [0, 0.05) is 18.1 Å². The Balaban J connectivity index is 3.87. The van der Waals surface area contributed by atoms with Crippen LogP contribution in [0.1, 0.15) is 60.3 Å². The van der Waals surface area contributed by atoms with Crippen LogP contribution in [-0.4, -0.2) is 36.6 Å². The Morgan fingerprint density at radius 2 is 1.75 bits per heavy atom. The van der Waals surface area contributed by atoms with E-state index in [2.05, 4.69) is 51.9 Å². The van der Waals surface area contributed by atoms with Gasteiger partial charge in [-0.05, 0) is 47.2 Å². The van der Waals surface area contributed by atoms with Crippen molar-refractivity contribution in [2.24, 2.45) is 0 Å². The quantitative estimate of drug-likeness (QED) is 0.641. The molecule has 98 valence electrons. The molecule has 1 N–H and O–H groups in total. The monoisotopic (exact) mass is 228 g/mol. The van der Waals surface area contributed by atoms with Crippen LogP contribution in [-0.2, 0) is 0 Å². The number of unbranched alkanes of at least 4 members (excludes halogenated alkanes) is 2. The van der Waals surface area contributed by atoms with Gasteiger partial charge in [0.1, 0.15) is 0 Å². The van der Waals surface area contributed by atoms with Crippen LogP contribution in [0.15, 0.2) is 0 Å². The predicted molar refractivity (Wildman–Crippen MR) is 74.0 cm³/mol. The normalized spacial score (nSPS) is 14.4. The number of nitrogens with one attached hydrogen (secondary N) is 1. The zero-order valence-corrected chi connectivity index (χ0v) is 12.3. The summed E-state index contributed by atoms with van der Waals surface area (Å²) in [5.74, 6) is 0. The molecule has 0 aromatic carbocycles. The lowest BCUT2D eigenvalue weighted by atomic mass is 10.1. The van der Waals surface area contributed by atoms with Gasteiger partial charge < -0.3 is 10.2 Å². The van der Waals surface area contributed by atoms with Gasteiger partial charge in [0.25, 0.3) is 0 Å². The van der Waals surface area contributed by atoms with E-state index in [1.165, 1.54) is 32.2 Å². The molecule has 0 aromatic rings. The van der Waals surface area contributed by atoms with Gasteiger partial charge in [0.05, 0.1) is 0 Å². The van der Waals surface area contributed by atoms with Crippen molar-refractivity contribution in [3.63, 3.8) is 0 Å². The topological polar surface area (TPSA) is 15.3 Å². The second-order valence-electron chi connectivity index (χ2n) is 5.88. The fourth-order valence-electron chi connectivity index (χ4n) is 1.83. The highest BCUT2D eigenvalue weighted by atomic mass is 15.2. The highest BCUT2D eigenvalue weighted by Crippen LogP contribution is 2.06. The largest absolute Gasteiger partial charge is 0.311 e. The van der Waals surface area contributed by atoms with E-state index >= 15 is 0 Å². The van der Waals surface area contributed by atoms with Gasteiger partial charge in [-0.2, -0.15) is 0 Å². The van der Waals surface area contributed by atoms with Crippen LogP contribution < -0.4 is 5.32 Å². The molecule has 2 nitrogen and oxygen atoms in total. The fraction of sp³-hybridized carbons (Fsp3) is 1.00. The maximum Gasteiger partial charge on any atom is 0.0215 e. The van der Waals surface area contributed by atoms with E-state index in [4.69, 9.17) is 0 Å². The summed E-state index contributed by atoms with van der Waals surface area (Å²) in [5, 5.41) is 3.60. The van der Waals surface area contributed by atoms with Crippen molar-refractivity contribution in [1.82, 2.24) is 10.2 Å². The van der Waals surface area contributed by atoms with Crippen molar-refractivity contribution < 1.29 is 0 Å². The zero-order chi connectivity index (χ0) is 12.6. The first-order chi connectivity index (χ1) is 7.40. The molecule has 0 aliphatic rings. The van der Waals surface area contributed by atoms with Gasteiger partial charge in [-0.3, -0.25) is 0 Å². The minimum Gasteiger partial charge on any atom is -0.311 e. The molecule has 2 heteroatoms. The van der Waals surface area contributed by atoms with E-state index in [9.17, 15) is 0 Å².